The lowest BCUT2D eigenvalue weighted by atomic mass is 10.3. The van der Waals surface area contributed by atoms with E-state index in [1.807, 2.05) is 55.5 Å². The van der Waals surface area contributed by atoms with Gasteiger partial charge in [0.25, 0.3) is 0 Å². The van der Waals surface area contributed by atoms with Crippen LogP contribution in [0.25, 0.3) is 0 Å². The molecule has 0 fully saturated rings. The smallest absolute Gasteiger partial charge is 0.161 e. The third-order valence-corrected chi connectivity index (χ3v) is 3.49. The van der Waals surface area contributed by atoms with Gasteiger partial charge in [-0.25, -0.2) is 0 Å². The summed E-state index contributed by atoms with van der Waals surface area (Å²) < 4.78 is 22.2. The van der Waals surface area contributed by atoms with E-state index in [0.717, 1.165) is 42.5 Å². The fraction of sp³-hybridized carbons (Fsp3) is 0.400. The van der Waals surface area contributed by atoms with Crippen LogP contribution in [0.5, 0.6) is 23.0 Å². The summed E-state index contributed by atoms with van der Waals surface area (Å²) in [7, 11) is 1.65. The maximum absolute atomic E-state index is 5.76. The number of nitrogens with one attached hydrogen (secondary N) is 1. The van der Waals surface area contributed by atoms with E-state index in [9.17, 15) is 0 Å². The lowest BCUT2D eigenvalue weighted by Crippen LogP contribution is -2.23. The van der Waals surface area contributed by atoms with Crippen LogP contribution in [0.1, 0.15) is 13.3 Å². The number of para-hydroxylation sites is 2. The average molecular weight is 382 g/mol. The molecule has 6 heteroatoms. The van der Waals surface area contributed by atoms with Crippen molar-refractivity contribution in [1.82, 2.24) is 5.32 Å². The van der Waals surface area contributed by atoms with Gasteiger partial charge in [0.15, 0.2) is 11.5 Å². The van der Waals surface area contributed by atoms with Gasteiger partial charge in [-0.3, -0.25) is 0 Å². The maximum atomic E-state index is 5.76. The molecule has 0 saturated heterocycles. The Hall–Kier alpha value is -2.11. The van der Waals surface area contributed by atoms with E-state index in [1.54, 1.807) is 7.11 Å². The van der Waals surface area contributed by atoms with Crippen molar-refractivity contribution in [1.29, 1.82) is 0 Å². The Labute approximate surface area is 162 Å². The van der Waals surface area contributed by atoms with E-state index in [2.05, 4.69) is 5.32 Å². The fourth-order valence-electron chi connectivity index (χ4n) is 2.28. The highest BCUT2D eigenvalue weighted by Crippen LogP contribution is 2.26. The quantitative estimate of drug-likeness (QED) is 0.564. The zero-order chi connectivity index (χ0) is 17.7. The minimum atomic E-state index is 0. The SMILES string of the molecule is CCOc1ccccc1OCCNCCCOc1cccc(OC)c1.Cl. The Balaban J connectivity index is 0.00000338. The predicted octanol–water partition coefficient (Wildman–Crippen LogP) is 3.95. The van der Waals surface area contributed by atoms with Gasteiger partial charge in [0, 0.05) is 12.6 Å². The van der Waals surface area contributed by atoms with Crippen molar-refractivity contribution < 1.29 is 18.9 Å². The minimum absolute atomic E-state index is 0. The van der Waals surface area contributed by atoms with Crippen LogP contribution in [0.2, 0.25) is 0 Å². The van der Waals surface area contributed by atoms with E-state index >= 15 is 0 Å². The zero-order valence-corrected chi connectivity index (χ0v) is 16.2. The van der Waals surface area contributed by atoms with Gasteiger partial charge in [-0.1, -0.05) is 18.2 Å². The van der Waals surface area contributed by atoms with Gasteiger partial charge in [-0.05, 0) is 44.2 Å². The van der Waals surface area contributed by atoms with Gasteiger partial charge in [0.05, 0.1) is 20.3 Å². The summed E-state index contributed by atoms with van der Waals surface area (Å²) in [4.78, 5) is 0. The van der Waals surface area contributed by atoms with Crippen LogP contribution in [-0.2, 0) is 0 Å². The van der Waals surface area contributed by atoms with Crippen molar-refractivity contribution in [3.63, 3.8) is 0 Å². The number of hydrogen-bond donors (Lipinski definition) is 1. The number of hydrogen-bond acceptors (Lipinski definition) is 5. The molecule has 0 aliphatic carbocycles. The summed E-state index contributed by atoms with van der Waals surface area (Å²) in [6.07, 6.45) is 0.923. The third kappa shape index (κ3) is 7.85. The van der Waals surface area contributed by atoms with Crippen molar-refractivity contribution in [3.8, 4) is 23.0 Å². The average Bonchev–Trinajstić information content (AvgIpc) is 2.65. The molecule has 0 aliphatic rings. The molecule has 0 aromatic heterocycles. The van der Waals surface area contributed by atoms with Gasteiger partial charge >= 0.3 is 0 Å². The topological polar surface area (TPSA) is 49.0 Å². The highest BCUT2D eigenvalue weighted by Gasteiger charge is 2.02. The second-order valence-corrected chi connectivity index (χ2v) is 5.36. The Morgan fingerprint density at radius 2 is 1.54 bits per heavy atom. The third-order valence-electron chi connectivity index (χ3n) is 3.49. The van der Waals surface area contributed by atoms with Gasteiger partial charge in [0.2, 0.25) is 0 Å². The van der Waals surface area contributed by atoms with E-state index in [-0.39, 0.29) is 12.4 Å². The molecule has 0 spiro atoms. The van der Waals surface area contributed by atoms with Gasteiger partial charge in [0.1, 0.15) is 18.1 Å². The number of halogens is 1. The van der Waals surface area contributed by atoms with Crippen LogP contribution in [0.15, 0.2) is 48.5 Å². The Morgan fingerprint density at radius 3 is 2.27 bits per heavy atom. The van der Waals surface area contributed by atoms with E-state index < -0.39 is 0 Å². The van der Waals surface area contributed by atoms with Crippen LogP contribution >= 0.6 is 12.4 Å². The molecular weight excluding hydrogens is 354 g/mol. The van der Waals surface area contributed by atoms with Crippen molar-refractivity contribution >= 4 is 12.4 Å². The van der Waals surface area contributed by atoms with Crippen LogP contribution in [0.4, 0.5) is 0 Å². The fourth-order valence-corrected chi connectivity index (χ4v) is 2.28. The summed E-state index contributed by atoms with van der Waals surface area (Å²) >= 11 is 0. The molecule has 0 unspecified atom stereocenters. The summed E-state index contributed by atoms with van der Waals surface area (Å²) in [5, 5.41) is 3.35. The minimum Gasteiger partial charge on any atom is -0.497 e. The molecular formula is C20H28ClNO4. The lowest BCUT2D eigenvalue weighted by Gasteiger charge is -2.12. The van der Waals surface area contributed by atoms with Gasteiger partial charge < -0.3 is 24.3 Å². The molecule has 5 nitrogen and oxygen atoms in total. The lowest BCUT2D eigenvalue weighted by molar-refractivity contribution is 0.272. The largest absolute Gasteiger partial charge is 0.497 e. The molecule has 1 N–H and O–H groups in total. The van der Waals surface area contributed by atoms with Crippen LogP contribution in [-0.4, -0.2) is 40.0 Å². The van der Waals surface area contributed by atoms with Crippen LogP contribution < -0.4 is 24.3 Å². The molecule has 0 aliphatic heterocycles. The van der Waals surface area contributed by atoms with Gasteiger partial charge in [-0.15, -0.1) is 12.4 Å². The zero-order valence-electron chi connectivity index (χ0n) is 15.4. The highest BCUT2D eigenvalue weighted by molar-refractivity contribution is 5.85. The van der Waals surface area contributed by atoms with Crippen molar-refractivity contribution in [2.45, 2.75) is 13.3 Å². The molecule has 2 rings (SSSR count). The second-order valence-electron chi connectivity index (χ2n) is 5.36. The molecule has 2 aromatic carbocycles. The van der Waals surface area contributed by atoms with Crippen molar-refractivity contribution in [2.24, 2.45) is 0 Å². The normalized spacial score (nSPS) is 9.92. The van der Waals surface area contributed by atoms with E-state index in [0.29, 0.717) is 19.8 Å². The first-order valence-electron chi connectivity index (χ1n) is 8.65. The molecule has 2 aromatic rings. The molecule has 144 valence electrons. The molecule has 0 atom stereocenters. The number of benzene rings is 2. The summed E-state index contributed by atoms with van der Waals surface area (Å²) in [6.45, 7) is 5.51. The van der Waals surface area contributed by atoms with Crippen molar-refractivity contribution in [3.05, 3.63) is 48.5 Å². The first-order chi connectivity index (χ1) is 12.3. The monoisotopic (exact) mass is 381 g/mol. The molecule has 26 heavy (non-hydrogen) atoms. The van der Waals surface area contributed by atoms with Crippen LogP contribution in [0.3, 0.4) is 0 Å². The van der Waals surface area contributed by atoms with Crippen LogP contribution in [0, 0.1) is 0 Å². The summed E-state index contributed by atoms with van der Waals surface area (Å²) in [5.74, 6) is 3.21. The molecule has 0 saturated carbocycles. The number of ether oxygens (including phenoxy) is 4. The molecule has 0 radical (unpaired) electrons. The summed E-state index contributed by atoms with van der Waals surface area (Å²) in [5.41, 5.74) is 0. The molecule has 0 heterocycles. The number of rotatable bonds is 12. The summed E-state index contributed by atoms with van der Waals surface area (Å²) in [6, 6.07) is 15.4. The Bertz CT molecular complexity index is 624. The van der Waals surface area contributed by atoms with Crippen molar-refractivity contribution in [2.75, 3.05) is 40.0 Å². The first kappa shape index (κ1) is 21.9. The number of methoxy groups -OCH3 is 1. The standard InChI is InChI=1S/C20H27NO4.ClH/c1-3-23-19-10-4-5-11-20(19)25-15-13-21-12-7-14-24-18-9-6-8-17(16-18)22-2;/h4-6,8-11,16,21H,3,7,12-15H2,1-2H3;1H. The predicted molar refractivity (Wildman–Crippen MR) is 106 cm³/mol. The molecule has 0 amide bonds. The molecule has 0 bridgehead atoms. The van der Waals surface area contributed by atoms with E-state index in [4.69, 9.17) is 18.9 Å². The maximum Gasteiger partial charge on any atom is 0.161 e. The van der Waals surface area contributed by atoms with E-state index in [1.165, 1.54) is 0 Å². The second kappa shape index (κ2) is 13.1. The Morgan fingerprint density at radius 1 is 0.808 bits per heavy atom. The Kier molecular flexibility index (Phi) is 11.1. The highest BCUT2D eigenvalue weighted by atomic mass is 35.5. The van der Waals surface area contributed by atoms with Gasteiger partial charge in [-0.2, -0.15) is 0 Å². The first-order valence-corrected chi connectivity index (χ1v) is 8.65.